The van der Waals surface area contributed by atoms with Crippen molar-refractivity contribution in [3.05, 3.63) is 82.9 Å². The Morgan fingerprint density at radius 1 is 0.932 bits per heavy atom. The molecule has 4 aromatic rings. The zero-order valence-electron chi connectivity index (χ0n) is 34.6. The number of hydrogen-bond acceptors (Lipinski definition) is 9. The number of anilines is 2. The third-order valence-electron chi connectivity index (χ3n) is 14.4. The topological polar surface area (TPSA) is 121 Å². The summed E-state index contributed by atoms with van der Waals surface area (Å²) in [4.78, 5) is 62.3. The minimum atomic E-state index is -1.34. The number of piperidine rings is 2. The lowest BCUT2D eigenvalue weighted by Gasteiger charge is -2.53. The summed E-state index contributed by atoms with van der Waals surface area (Å²) in [6.07, 6.45) is 10.3. The highest BCUT2D eigenvalue weighted by atomic mass is 19.1. The van der Waals surface area contributed by atoms with Gasteiger partial charge in [0.25, 0.3) is 5.91 Å². The number of carbonyl (C=O) groups excluding carboxylic acids is 3. The molecule has 6 aliphatic rings. The van der Waals surface area contributed by atoms with Crippen LogP contribution in [0.3, 0.4) is 0 Å². The molecule has 4 fully saturated rings. The Bertz CT molecular complexity index is 2260. The number of piperazine rings is 1. The van der Waals surface area contributed by atoms with E-state index in [1.165, 1.54) is 36.6 Å². The molecule has 2 N–H and O–H groups in total. The maximum absolute atomic E-state index is 15.2. The van der Waals surface area contributed by atoms with Crippen LogP contribution in [0.25, 0.3) is 10.9 Å². The van der Waals surface area contributed by atoms with Crippen molar-refractivity contribution in [2.75, 3.05) is 62.2 Å². The number of aromatic amines is 1. The highest BCUT2D eigenvalue weighted by molar-refractivity contribution is 6.05. The van der Waals surface area contributed by atoms with Crippen molar-refractivity contribution >= 4 is 40.1 Å². The standard InChI is InChI=1S/C46H56FN9O3/c1-29-20-35-34-6-4-5-7-36(34)50-41(35)42(56(29)28-45(2,3)47)37-24-49-39(25-48-37)54-14-12-46(13-15-54)22-30(23-46)26-52-16-18-53(19-17-52)32-8-9-33-31(21-32)27-55(44(33)59)38-10-11-40(57)51-43(38)58/h4-9,21,24-25,29-30,38,42,50H,10-20,22-23,26-28H2,1-3H3,(H,51,57,58)/t29-,38?,42-/m1/s1. The van der Waals surface area contributed by atoms with E-state index in [1.54, 1.807) is 18.7 Å². The molecular weight excluding hydrogens is 746 g/mol. The smallest absolute Gasteiger partial charge is 0.255 e. The quantitative estimate of drug-likeness (QED) is 0.219. The van der Waals surface area contributed by atoms with E-state index < -0.39 is 11.7 Å². The number of amides is 3. The SMILES string of the molecule is C[C@@H]1Cc2c([nH]c3ccccc23)[C@@H](c2cnc(N3CCC4(CC3)CC(CN3CCN(c5ccc6c(c5)CN(C5CCC(=O)NC5=O)C6=O)CC3)C4)cn2)N1CC(C)(C)F. The number of alkyl halides is 1. The number of halogens is 1. The number of rotatable bonds is 8. The Balaban J connectivity index is 0.715. The fourth-order valence-corrected chi connectivity index (χ4v) is 11.4. The number of para-hydroxylation sites is 1. The first-order valence-electron chi connectivity index (χ1n) is 21.8. The van der Waals surface area contributed by atoms with Crippen LogP contribution in [0.2, 0.25) is 0 Å². The second-order valence-corrected chi connectivity index (χ2v) is 19.0. The molecule has 2 aromatic carbocycles. The van der Waals surface area contributed by atoms with Gasteiger partial charge in [0.15, 0.2) is 0 Å². The number of nitrogens with zero attached hydrogens (tertiary/aromatic N) is 7. The van der Waals surface area contributed by atoms with Crippen molar-refractivity contribution in [3.63, 3.8) is 0 Å². The maximum atomic E-state index is 15.2. The van der Waals surface area contributed by atoms with Gasteiger partial charge in [-0.3, -0.25) is 34.5 Å². The summed E-state index contributed by atoms with van der Waals surface area (Å²) in [5.41, 5.74) is 6.22. The largest absolute Gasteiger partial charge is 0.369 e. The van der Waals surface area contributed by atoms with Crippen LogP contribution in [0.15, 0.2) is 54.9 Å². The van der Waals surface area contributed by atoms with E-state index in [9.17, 15) is 14.4 Å². The molecule has 1 aliphatic carbocycles. The van der Waals surface area contributed by atoms with Crippen molar-refractivity contribution < 1.29 is 18.8 Å². The molecule has 1 unspecified atom stereocenters. The maximum Gasteiger partial charge on any atom is 0.255 e. The Kier molecular flexibility index (Phi) is 9.54. The van der Waals surface area contributed by atoms with Gasteiger partial charge in [-0.05, 0) is 106 Å². The van der Waals surface area contributed by atoms with E-state index in [0.717, 1.165) is 92.1 Å². The van der Waals surface area contributed by atoms with E-state index >= 15 is 4.39 Å². The fourth-order valence-electron chi connectivity index (χ4n) is 11.4. The Morgan fingerprint density at radius 3 is 2.44 bits per heavy atom. The number of benzene rings is 2. The third-order valence-corrected chi connectivity index (χ3v) is 14.4. The van der Waals surface area contributed by atoms with E-state index in [4.69, 9.17) is 9.97 Å². The Labute approximate surface area is 345 Å². The van der Waals surface area contributed by atoms with Gasteiger partial charge >= 0.3 is 0 Å². The lowest BCUT2D eigenvalue weighted by molar-refractivity contribution is -0.136. The molecule has 12 nitrogen and oxygen atoms in total. The van der Waals surface area contributed by atoms with Crippen LogP contribution in [0.5, 0.6) is 0 Å². The summed E-state index contributed by atoms with van der Waals surface area (Å²) < 4.78 is 15.2. The Hall–Kier alpha value is -4.88. The summed E-state index contributed by atoms with van der Waals surface area (Å²) in [7, 11) is 0. The van der Waals surface area contributed by atoms with Crippen molar-refractivity contribution in [2.24, 2.45) is 11.3 Å². The van der Waals surface area contributed by atoms with E-state index in [-0.39, 0.29) is 36.2 Å². The van der Waals surface area contributed by atoms with Crippen molar-refractivity contribution in [2.45, 2.75) is 96.1 Å². The van der Waals surface area contributed by atoms with Crippen LogP contribution in [0, 0.1) is 11.3 Å². The first-order valence-corrected chi connectivity index (χ1v) is 21.8. The summed E-state index contributed by atoms with van der Waals surface area (Å²) >= 11 is 0. The third kappa shape index (κ3) is 7.17. The lowest BCUT2D eigenvalue weighted by Crippen LogP contribution is -2.53. The molecular formula is C46H56FN9O3. The van der Waals surface area contributed by atoms with Gasteiger partial charge in [0.2, 0.25) is 11.8 Å². The van der Waals surface area contributed by atoms with Crippen LogP contribution in [0.4, 0.5) is 15.9 Å². The number of imide groups is 1. The average Bonchev–Trinajstić information content (AvgIpc) is 3.74. The molecule has 3 atom stereocenters. The van der Waals surface area contributed by atoms with Crippen LogP contribution in [0.1, 0.15) is 98.2 Å². The lowest BCUT2D eigenvalue weighted by atomic mass is 9.57. The van der Waals surface area contributed by atoms with Gasteiger partial charge in [-0.2, -0.15) is 0 Å². The van der Waals surface area contributed by atoms with Gasteiger partial charge in [0.1, 0.15) is 17.5 Å². The number of aromatic nitrogens is 3. The van der Waals surface area contributed by atoms with Crippen LogP contribution in [-0.2, 0) is 22.6 Å². The zero-order chi connectivity index (χ0) is 40.6. The molecule has 1 spiro atoms. The first kappa shape index (κ1) is 38.3. The second kappa shape index (κ2) is 14.7. The molecule has 10 rings (SSSR count). The summed E-state index contributed by atoms with van der Waals surface area (Å²) in [5, 5.41) is 3.63. The molecule has 310 valence electrons. The monoisotopic (exact) mass is 801 g/mol. The van der Waals surface area contributed by atoms with Gasteiger partial charge in [0, 0.05) is 99.2 Å². The molecule has 3 amide bonds. The normalized spacial score (nSPS) is 25.4. The van der Waals surface area contributed by atoms with E-state index in [1.807, 2.05) is 24.5 Å². The summed E-state index contributed by atoms with van der Waals surface area (Å²) in [6, 6.07) is 13.9. The van der Waals surface area contributed by atoms with Gasteiger partial charge in [-0.25, -0.2) is 9.37 Å². The number of H-pyrrole nitrogens is 1. The second-order valence-electron chi connectivity index (χ2n) is 19.0. The molecule has 5 aliphatic heterocycles. The Morgan fingerprint density at radius 2 is 1.71 bits per heavy atom. The minimum absolute atomic E-state index is 0.125. The van der Waals surface area contributed by atoms with Gasteiger partial charge < -0.3 is 19.7 Å². The van der Waals surface area contributed by atoms with Crippen molar-refractivity contribution in [3.8, 4) is 0 Å². The van der Waals surface area contributed by atoms with Gasteiger partial charge in [0.05, 0.1) is 24.1 Å². The van der Waals surface area contributed by atoms with Crippen LogP contribution in [-0.4, -0.2) is 117 Å². The molecule has 3 saturated heterocycles. The van der Waals surface area contributed by atoms with Crippen molar-refractivity contribution in [1.29, 1.82) is 0 Å². The first-order chi connectivity index (χ1) is 28.4. The van der Waals surface area contributed by atoms with Crippen LogP contribution < -0.4 is 15.1 Å². The molecule has 0 radical (unpaired) electrons. The molecule has 2 aromatic heterocycles. The minimum Gasteiger partial charge on any atom is -0.369 e. The van der Waals surface area contributed by atoms with Gasteiger partial charge in [-0.1, -0.05) is 18.2 Å². The summed E-state index contributed by atoms with van der Waals surface area (Å²) in [5.74, 6) is 0.897. The van der Waals surface area contributed by atoms with E-state index in [2.05, 4.69) is 67.2 Å². The number of carbonyl (C=O) groups is 3. The fraction of sp³-hybridized carbons (Fsp3) is 0.543. The highest BCUT2D eigenvalue weighted by Gasteiger charge is 2.47. The molecule has 13 heteroatoms. The molecule has 59 heavy (non-hydrogen) atoms. The number of hydrogen-bond donors (Lipinski definition) is 2. The van der Waals surface area contributed by atoms with Gasteiger partial charge in [-0.15, -0.1) is 0 Å². The molecule has 0 bridgehead atoms. The predicted molar refractivity (Wildman–Crippen MR) is 225 cm³/mol. The number of nitrogens with one attached hydrogen (secondary N) is 2. The zero-order valence-corrected chi connectivity index (χ0v) is 34.6. The van der Waals surface area contributed by atoms with E-state index in [0.29, 0.717) is 30.5 Å². The van der Waals surface area contributed by atoms with Crippen molar-refractivity contribution in [1.82, 2.24) is 35.0 Å². The van der Waals surface area contributed by atoms with Crippen LogP contribution >= 0.6 is 0 Å². The predicted octanol–water partition coefficient (Wildman–Crippen LogP) is 5.62. The number of fused-ring (bicyclic) bond motifs is 4. The average molecular weight is 802 g/mol. The molecule has 7 heterocycles. The molecule has 1 saturated carbocycles. The highest BCUT2D eigenvalue weighted by Crippen LogP contribution is 2.53. The summed E-state index contributed by atoms with van der Waals surface area (Å²) in [6.45, 7) is 13.3.